The molecule has 2 aliphatic carbocycles. The molecule has 0 radical (unpaired) electrons. The van der Waals surface area contributed by atoms with Crippen molar-refractivity contribution in [3.63, 3.8) is 0 Å². The van der Waals surface area contributed by atoms with Gasteiger partial charge in [-0.2, -0.15) is 0 Å². The van der Waals surface area contributed by atoms with Gasteiger partial charge in [0.25, 0.3) is 0 Å². The fraction of sp³-hybridized carbons (Fsp3) is 0.846. The molecule has 2 rings (SSSR count). The van der Waals surface area contributed by atoms with Gasteiger partial charge in [0.2, 0.25) is 5.91 Å². The van der Waals surface area contributed by atoms with Crippen LogP contribution in [-0.2, 0) is 9.59 Å². The van der Waals surface area contributed by atoms with Gasteiger partial charge >= 0.3 is 5.97 Å². The van der Waals surface area contributed by atoms with Crippen molar-refractivity contribution in [1.29, 1.82) is 0 Å². The van der Waals surface area contributed by atoms with Crippen LogP contribution in [-0.4, -0.2) is 23.0 Å². The zero-order valence-electron chi connectivity index (χ0n) is 10.3. The monoisotopic (exact) mass is 239 g/mol. The standard InChI is InChI=1S/C13H21NO3/c1-2-11(13(16)17)14-12(15)7-10-6-8-3-4-9(10)5-8/h8-11H,2-7H2,1H3,(H,14,15)(H,16,17). The van der Waals surface area contributed by atoms with Gasteiger partial charge in [-0.3, -0.25) is 4.79 Å². The summed E-state index contributed by atoms with van der Waals surface area (Å²) in [6.07, 6.45) is 6.01. The first-order valence-corrected chi connectivity index (χ1v) is 6.62. The fourth-order valence-electron chi connectivity index (χ4n) is 3.46. The van der Waals surface area contributed by atoms with Gasteiger partial charge in [-0.1, -0.05) is 13.3 Å². The average Bonchev–Trinajstić information content (AvgIpc) is 2.87. The Labute approximate surface area is 102 Å². The minimum atomic E-state index is -0.936. The van der Waals surface area contributed by atoms with Crippen LogP contribution in [0.25, 0.3) is 0 Å². The number of hydrogen-bond acceptors (Lipinski definition) is 2. The number of rotatable bonds is 5. The van der Waals surface area contributed by atoms with Gasteiger partial charge in [0.15, 0.2) is 0 Å². The molecule has 0 aliphatic heterocycles. The molecule has 4 unspecified atom stereocenters. The molecule has 0 saturated heterocycles. The van der Waals surface area contributed by atoms with Crippen LogP contribution in [0.1, 0.15) is 45.4 Å². The Hall–Kier alpha value is -1.06. The van der Waals surface area contributed by atoms with E-state index in [-0.39, 0.29) is 5.91 Å². The molecule has 1 amide bonds. The van der Waals surface area contributed by atoms with Gasteiger partial charge in [-0.05, 0) is 43.4 Å². The number of nitrogens with one attached hydrogen (secondary N) is 1. The number of aliphatic carboxylic acids is 1. The SMILES string of the molecule is CCC(NC(=O)CC1CC2CCC1C2)C(=O)O. The second kappa shape index (κ2) is 5.07. The Morgan fingerprint density at radius 2 is 2.12 bits per heavy atom. The van der Waals surface area contributed by atoms with Gasteiger partial charge in [0.1, 0.15) is 6.04 Å². The normalized spacial score (nSPS) is 32.4. The summed E-state index contributed by atoms with van der Waals surface area (Å²) in [6.45, 7) is 1.77. The van der Waals surface area contributed by atoms with Crippen molar-refractivity contribution < 1.29 is 14.7 Å². The number of hydrogen-bond donors (Lipinski definition) is 2. The van der Waals surface area contributed by atoms with E-state index in [0.717, 1.165) is 11.8 Å². The maximum absolute atomic E-state index is 11.8. The molecule has 2 aliphatic rings. The zero-order chi connectivity index (χ0) is 12.4. The van der Waals surface area contributed by atoms with E-state index in [2.05, 4.69) is 5.32 Å². The number of carbonyl (C=O) groups is 2. The van der Waals surface area contributed by atoms with Gasteiger partial charge in [-0.15, -0.1) is 0 Å². The number of carboxylic acids is 1. The molecule has 4 heteroatoms. The van der Waals surface area contributed by atoms with E-state index in [0.29, 0.717) is 18.8 Å². The number of amides is 1. The quantitative estimate of drug-likeness (QED) is 0.768. The van der Waals surface area contributed by atoms with Crippen molar-refractivity contribution in [3.05, 3.63) is 0 Å². The van der Waals surface area contributed by atoms with Crippen LogP contribution in [0.5, 0.6) is 0 Å². The summed E-state index contributed by atoms with van der Waals surface area (Å²) in [7, 11) is 0. The summed E-state index contributed by atoms with van der Waals surface area (Å²) in [5, 5.41) is 11.5. The molecule has 2 N–H and O–H groups in total. The predicted octanol–water partition coefficient (Wildman–Crippen LogP) is 1.79. The Balaban J connectivity index is 1.79. The summed E-state index contributed by atoms with van der Waals surface area (Å²) in [6, 6.07) is -0.721. The Kier molecular flexibility index (Phi) is 3.69. The summed E-state index contributed by atoms with van der Waals surface area (Å²) >= 11 is 0. The largest absolute Gasteiger partial charge is 0.480 e. The van der Waals surface area contributed by atoms with Crippen molar-refractivity contribution in [2.24, 2.45) is 17.8 Å². The smallest absolute Gasteiger partial charge is 0.326 e. The Bertz CT molecular complexity index is 316. The zero-order valence-corrected chi connectivity index (χ0v) is 10.3. The second-order valence-corrected chi connectivity index (χ2v) is 5.51. The lowest BCUT2D eigenvalue weighted by atomic mass is 9.86. The van der Waals surface area contributed by atoms with E-state index in [4.69, 9.17) is 5.11 Å². The first-order valence-electron chi connectivity index (χ1n) is 6.62. The topological polar surface area (TPSA) is 66.4 Å². The molecular weight excluding hydrogens is 218 g/mol. The van der Waals surface area contributed by atoms with E-state index in [1.807, 2.05) is 0 Å². The molecule has 0 spiro atoms. The molecule has 2 saturated carbocycles. The highest BCUT2D eigenvalue weighted by Gasteiger charge is 2.40. The molecule has 2 fully saturated rings. The number of carbonyl (C=O) groups excluding carboxylic acids is 1. The highest BCUT2D eigenvalue weighted by Crippen LogP contribution is 2.49. The molecule has 0 aromatic carbocycles. The lowest BCUT2D eigenvalue weighted by Gasteiger charge is -2.22. The maximum Gasteiger partial charge on any atom is 0.326 e. The summed E-state index contributed by atoms with van der Waals surface area (Å²) in [5.41, 5.74) is 0. The summed E-state index contributed by atoms with van der Waals surface area (Å²) in [5.74, 6) is 1.03. The lowest BCUT2D eigenvalue weighted by Crippen LogP contribution is -2.41. The van der Waals surface area contributed by atoms with Gasteiger partial charge in [-0.25, -0.2) is 4.79 Å². The molecule has 0 aromatic rings. The third kappa shape index (κ3) is 2.79. The van der Waals surface area contributed by atoms with Crippen LogP contribution in [0.3, 0.4) is 0 Å². The van der Waals surface area contributed by atoms with E-state index >= 15 is 0 Å². The first-order chi connectivity index (χ1) is 8.10. The molecule has 4 nitrogen and oxygen atoms in total. The first kappa shape index (κ1) is 12.4. The Morgan fingerprint density at radius 1 is 1.35 bits per heavy atom. The molecule has 4 atom stereocenters. The fourth-order valence-corrected chi connectivity index (χ4v) is 3.46. The molecule has 0 aromatic heterocycles. The lowest BCUT2D eigenvalue weighted by molar-refractivity contribution is -0.142. The third-order valence-corrected chi connectivity index (χ3v) is 4.37. The van der Waals surface area contributed by atoms with Crippen molar-refractivity contribution in [2.75, 3.05) is 0 Å². The van der Waals surface area contributed by atoms with Crippen LogP contribution in [0.4, 0.5) is 0 Å². The molecule has 17 heavy (non-hydrogen) atoms. The van der Waals surface area contributed by atoms with Crippen LogP contribution in [0.2, 0.25) is 0 Å². The van der Waals surface area contributed by atoms with E-state index < -0.39 is 12.0 Å². The minimum absolute atomic E-state index is 0.0863. The van der Waals surface area contributed by atoms with Crippen LogP contribution in [0.15, 0.2) is 0 Å². The van der Waals surface area contributed by atoms with E-state index in [1.54, 1.807) is 6.92 Å². The highest BCUT2D eigenvalue weighted by atomic mass is 16.4. The van der Waals surface area contributed by atoms with E-state index in [9.17, 15) is 9.59 Å². The second-order valence-electron chi connectivity index (χ2n) is 5.51. The maximum atomic E-state index is 11.8. The molecule has 96 valence electrons. The van der Waals surface area contributed by atoms with Crippen LogP contribution in [0, 0.1) is 17.8 Å². The summed E-state index contributed by atoms with van der Waals surface area (Å²) in [4.78, 5) is 22.6. The van der Waals surface area contributed by atoms with Crippen molar-refractivity contribution in [3.8, 4) is 0 Å². The highest BCUT2D eigenvalue weighted by molar-refractivity contribution is 5.83. The number of carboxylic acid groups (broad SMARTS) is 1. The predicted molar refractivity (Wildman–Crippen MR) is 63.4 cm³/mol. The number of fused-ring (bicyclic) bond motifs is 2. The third-order valence-electron chi connectivity index (χ3n) is 4.37. The van der Waals surface area contributed by atoms with Crippen LogP contribution >= 0.6 is 0 Å². The minimum Gasteiger partial charge on any atom is -0.480 e. The molecule has 2 bridgehead atoms. The van der Waals surface area contributed by atoms with E-state index in [1.165, 1.54) is 25.7 Å². The van der Waals surface area contributed by atoms with Gasteiger partial charge in [0.05, 0.1) is 0 Å². The van der Waals surface area contributed by atoms with Crippen molar-refractivity contribution in [2.45, 2.75) is 51.5 Å². The van der Waals surface area contributed by atoms with Gasteiger partial charge in [0, 0.05) is 6.42 Å². The summed E-state index contributed by atoms with van der Waals surface area (Å²) < 4.78 is 0. The van der Waals surface area contributed by atoms with Crippen LogP contribution < -0.4 is 5.32 Å². The Morgan fingerprint density at radius 3 is 2.59 bits per heavy atom. The molecular formula is C13H21NO3. The average molecular weight is 239 g/mol. The van der Waals surface area contributed by atoms with Crippen molar-refractivity contribution in [1.82, 2.24) is 5.32 Å². The van der Waals surface area contributed by atoms with Gasteiger partial charge < -0.3 is 10.4 Å². The molecule has 0 heterocycles. The van der Waals surface area contributed by atoms with Crippen molar-refractivity contribution >= 4 is 11.9 Å².